The van der Waals surface area contributed by atoms with Crippen molar-refractivity contribution in [3.63, 3.8) is 0 Å². The van der Waals surface area contributed by atoms with Crippen molar-refractivity contribution in [1.29, 1.82) is 0 Å². The number of hydrogen-bond acceptors (Lipinski definition) is 0. The molecule has 4 rings (SSSR count). The third-order valence-corrected chi connectivity index (χ3v) is 6.89. The summed E-state index contributed by atoms with van der Waals surface area (Å²) in [6.45, 7) is 18.8. The second-order valence-electron chi connectivity index (χ2n) is 10.6. The van der Waals surface area contributed by atoms with Crippen LogP contribution in [0.2, 0.25) is 0 Å². The SMILES string of the molecule is CC(C)c1cc2ccccc2c(-c2c(C(C)C)c(C(C)C)cc3ccccc23)c1C(C)C. The highest BCUT2D eigenvalue weighted by Gasteiger charge is 2.25. The Kier molecular flexibility index (Phi) is 6.17. The van der Waals surface area contributed by atoms with Gasteiger partial charge in [0.1, 0.15) is 0 Å². The summed E-state index contributed by atoms with van der Waals surface area (Å²) in [6, 6.07) is 22.9. The molecule has 0 aliphatic heterocycles. The fraction of sp³-hybridized carbons (Fsp3) is 0.375. The minimum Gasteiger partial charge on any atom is -0.0616 e. The molecule has 0 radical (unpaired) electrons. The number of fused-ring (bicyclic) bond motifs is 2. The quantitative estimate of drug-likeness (QED) is 0.300. The van der Waals surface area contributed by atoms with E-state index >= 15 is 0 Å². The van der Waals surface area contributed by atoms with Gasteiger partial charge in [-0.2, -0.15) is 0 Å². The van der Waals surface area contributed by atoms with Gasteiger partial charge in [-0.1, -0.05) is 116 Å². The first-order chi connectivity index (χ1) is 15.2. The van der Waals surface area contributed by atoms with Crippen LogP contribution < -0.4 is 0 Å². The molecule has 32 heavy (non-hydrogen) atoms. The molecule has 0 aliphatic rings. The maximum atomic E-state index is 2.45. The minimum atomic E-state index is 0.452. The summed E-state index contributed by atoms with van der Waals surface area (Å²) in [5.74, 6) is 1.87. The third kappa shape index (κ3) is 3.75. The smallest absolute Gasteiger partial charge is 0.00586 e. The average molecular weight is 423 g/mol. The average Bonchev–Trinajstić information content (AvgIpc) is 2.76. The molecule has 4 aromatic carbocycles. The van der Waals surface area contributed by atoms with E-state index < -0.39 is 0 Å². The van der Waals surface area contributed by atoms with Crippen LogP contribution in [0.15, 0.2) is 60.7 Å². The van der Waals surface area contributed by atoms with Crippen molar-refractivity contribution in [3.8, 4) is 11.1 Å². The van der Waals surface area contributed by atoms with Gasteiger partial charge in [0.15, 0.2) is 0 Å². The molecular formula is C32H38. The molecule has 0 saturated heterocycles. The van der Waals surface area contributed by atoms with Gasteiger partial charge in [-0.3, -0.25) is 0 Å². The van der Waals surface area contributed by atoms with E-state index in [1.54, 1.807) is 0 Å². The lowest BCUT2D eigenvalue weighted by Crippen LogP contribution is -2.07. The summed E-state index contributed by atoms with van der Waals surface area (Å²) >= 11 is 0. The molecule has 0 fully saturated rings. The highest BCUT2D eigenvalue weighted by atomic mass is 14.3. The van der Waals surface area contributed by atoms with E-state index in [1.807, 2.05) is 0 Å². The molecule has 0 N–H and O–H groups in total. The zero-order valence-electron chi connectivity index (χ0n) is 21.1. The van der Waals surface area contributed by atoms with Crippen molar-refractivity contribution in [2.75, 3.05) is 0 Å². The Bertz CT molecular complexity index is 1170. The Labute approximate surface area is 194 Å². The Hall–Kier alpha value is -2.60. The summed E-state index contributed by atoms with van der Waals surface area (Å²) in [7, 11) is 0. The van der Waals surface area contributed by atoms with Gasteiger partial charge in [0, 0.05) is 0 Å². The number of benzene rings is 4. The molecule has 0 atom stereocenters. The largest absolute Gasteiger partial charge is 0.0616 e. The fourth-order valence-corrected chi connectivity index (χ4v) is 5.51. The van der Waals surface area contributed by atoms with E-state index in [1.165, 1.54) is 54.9 Å². The Morgan fingerprint density at radius 3 is 1.09 bits per heavy atom. The molecule has 166 valence electrons. The molecule has 0 saturated carbocycles. The number of hydrogen-bond donors (Lipinski definition) is 0. The molecule has 0 spiro atoms. The Balaban J connectivity index is 2.34. The van der Waals surface area contributed by atoms with Gasteiger partial charge in [0.05, 0.1) is 0 Å². The van der Waals surface area contributed by atoms with E-state index in [2.05, 4.69) is 116 Å². The predicted molar refractivity (Wildman–Crippen MR) is 143 cm³/mol. The van der Waals surface area contributed by atoms with Crippen LogP contribution in [0, 0.1) is 0 Å². The van der Waals surface area contributed by atoms with Crippen molar-refractivity contribution in [2.45, 2.75) is 79.1 Å². The van der Waals surface area contributed by atoms with Gasteiger partial charge in [-0.05, 0) is 78.6 Å². The lowest BCUT2D eigenvalue weighted by molar-refractivity contribution is 0.786. The molecule has 0 bridgehead atoms. The van der Waals surface area contributed by atoms with E-state index in [9.17, 15) is 0 Å². The van der Waals surface area contributed by atoms with Crippen LogP contribution in [0.1, 0.15) is 101 Å². The van der Waals surface area contributed by atoms with Crippen LogP contribution >= 0.6 is 0 Å². The zero-order valence-corrected chi connectivity index (χ0v) is 21.1. The van der Waals surface area contributed by atoms with Crippen molar-refractivity contribution in [1.82, 2.24) is 0 Å². The van der Waals surface area contributed by atoms with Crippen LogP contribution in [0.3, 0.4) is 0 Å². The van der Waals surface area contributed by atoms with Crippen LogP contribution in [-0.4, -0.2) is 0 Å². The predicted octanol–water partition coefficient (Wildman–Crippen LogP) is 10.2. The van der Waals surface area contributed by atoms with E-state index in [0.29, 0.717) is 23.7 Å². The van der Waals surface area contributed by atoms with E-state index in [4.69, 9.17) is 0 Å². The summed E-state index contributed by atoms with van der Waals surface area (Å²) in [5, 5.41) is 5.47. The third-order valence-electron chi connectivity index (χ3n) is 6.89. The van der Waals surface area contributed by atoms with Crippen LogP contribution in [0.25, 0.3) is 32.7 Å². The van der Waals surface area contributed by atoms with Gasteiger partial charge < -0.3 is 0 Å². The number of rotatable bonds is 5. The Morgan fingerprint density at radius 1 is 0.438 bits per heavy atom. The Morgan fingerprint density at radius 2 is 0.781 bits per heavy atom. The second kappa shape index (κ2) is 8.74. The highest BCUT2D eigenvalue weighted by molar-refractivity contribution is 6.09. The normalized spacial score (nSPS) is 12.2. The monoisotopic (exact) mass is 422 g/mol. The lowest BCUT2D eigenvalue weighted by Gasteiger charge is -2.28. The molecule has 0 amide bonds. The van der Waals surface area contributed by atoms with Gasteiger partial charge >= 0.3 is 0 Å². The summed E-state index contributed by atoms with van der Waals surface area (Å²) in [5.41, 5.74) is 8.94. The molecular weight excluding hydrogens is 384 g/mol. The first-order valence-electron chi connectivity index (χ1n) is 12.3. The maximum absolute atomic E-state index is 2.45. The summed E-state index contributed by atoms with van der Waals surface area (Å²) < 4.78 is 0. The van der Waals surface area contributed by atoms with Crippen molar-refractivity contribution in [3.05, 3.63) is 82.9 Å². The second-order valence-corrected chi connectivity index (χ2v) is 10.6. The van der Waals surface area contributed by atoms with Crippen LogP contribution in [0.5, 0.6) is 0 Å². The molecule has 0 aliphatic carbocycles. The summed E-state index contributed by atoms with van der Waals surface area (Å²) in [4.78, 5) is 0. The van der Waals surface area contributed by atoms with Gasteiger partial charge in [-0.25, -0.2) is 0 Å². The first kappa shape index (κ1) is 22.6. The van der Waals surface area contributed by atoms with Gasteiger partial charge in [0.25, 0.3) is 0 Å². The summed E-state index contributed by atoms with van der Waals surface area (Å²) in [6.07, 6.45) is 0. The van der Waals surface area contributed by atoms with Gasteiger partial charge in [-0.15, -0.1) is 0 Å². The fourth-order valence-electron chi connectivity index (χ4n) is 5.51. The maximum Gasteiger partial charge on any atom is -0.00586 e. The molecule has 0 heteroatoms. The topological polar surface area (TPSA) is 0 Å². The van der Waals surface area contributed by atoms with Gasteiger partial charge in [0.2, 0.25) is 0 Å². The molecule has 0 heterocycles. The van der Waals surface area contributed by atoms with Crippen LogP contribution in [0.4, 0.5) is 0 Å². The van der Waals surface area contributed by atoms with E-state index in [-0.39, 0.29) is 0 Å². The van der Waals surface area contributed by atoms with Crippen molar-refractivity contribution in [2.24, 2.45) is 0 Å². The molecule has 0 nitrogen and oxygen atoms in total. The first-order valence-corrected chi connectivity index (χ1v) is 12.3. The zero-order chi connectivity index (χ0) is 23.2. The lowest BCUT2D eigenvalue weighted by atomic mass is 9.75. The van der Waals surface area contributed by atoms with Crippen molar-refractivity contribution < 1.29 is 0 Å². The molecule has 4 aromatic rings. The highest BCUT2D eigenvalue weighted by Crippen LogP contribution is 2.48. The molecule has 0 unspecified atom stereocenters. The van der Waals surface area contributed by atoms with E-state index in [0.717, 1.165) is 0 Å². The van der Waals surface area contributed by atoms with Crippen LogP contribution in [-0.2, 0) is 0 Å². The molecule has 0 aromatic heterocycles. The van der Waals surface area contributed by atoms with Crippen molar-refractivity contribution >= 4 is 21.5 Å². The standard InChI is InChI=1S/C32H38/c1-19(2)27-17-23-13-9-11-15-25(23)31(29(27)21(5)6)32-26-16-12-10-14-24(26)18-28(20(3)4)30(32)22(7)8/h9-22H,1-8H3. The minimum absolute atomic E-state index is 0.452.